The lowest BCUT2D eigenvalue weighted by Gasteiger charge is -2.37. The smallest absolute Gasteiger partial charge is 0.254 e. The molecule has 1 unspecified atom stereocenters. The van der Waals surface area contributed by atoms with Crippen LogP contribution in [0.1, 0.15) is 16.8 Å². The molecule has 0 spiro atoms. The Morgan fingerprint density at radius 3 is 2.32 bits per heavy atom. The highest BCUT2D eigenvalue weighted by atomic mass is 32.2. The summed E-state index contributed by atoms with van der Waals surface area (Å²) in [6.45, 7) is 2.62. The van der Waals surface area contributed by atoms with Crippen LogP contribution in [-0.4, -0.2) is 82.1 Å². The van der Waals surface area contributed by atoms with Crippen LogP contribution in [-0.2, 0) is 9.84 Å². The quantitative estimate of drug-likeness (QED) is 0.777. The molecule has 2 saturated heterocycles. The molecule has 1 amide bonds. The van der Waals surface area contributed by atoms with E-state index in [1.165, 1.54) is 0 Å². The first-order valence-electron chi connectivity index (χ1n) is 8.39. The second kappa shape index (κ2) is 7.21. The van der Waals surface area contributed by atoms with Gasteiger partial charge in [0, 0.05) is 37.8 Å². The Morgan fingerprint density at radius 1 is 1.08 bits per heavy atom. The molecular weight excluding hydrogens is 344 g/mol. The molecule has 2 heterocycles. The van der Waals surface area contributed by atoms with Crippen LogP contribution in [0.4, 0.5) is 0 Å². The van der Waals surface area contributed by atoms with E-state index in [-0.39, 0.29) is 23.5 Å². The number of rotatable bonds is 4. The van der Waals surface area contributed by atoms with E-state index >= 15 is 0 Å². The van der Waals surface area contributed by atoms with Crippen molar-refractivity contribution in [3.63, 3.8) is 0 Å². The molecule has 1 aromatic rings. The van der Waals surface area contributed by atoms with Crippen LogP contribution in [0.2, 0.25) is 0 Å². The number of carbonyl (C=O) groups excluding carboxylic acids is 1. The first kappa shape index (κ1) is 18.0. The maximum Gasteiger partial charge on any atom is 0.254 e. The molecule has 0 bridgehead atoms. The number of nitrogens with zero attached hydrogens (tertiary/aromatic N) is 2. The molecule has 138 valence electrons. The molecule has 7 nitrogen and oxygen atoms in total. The number of ether oxygens (including phenoxy) is 2. The maximum absolute atomic E-state index is 12.7. The van der Waals surface area contributed by atoms with E-state index < -0.39 is 9.84 Å². The summed E-state index contributed by atoms with van der Waals surface area (Å²) in [6, 6.07) is 5.26. The van der Waals surface area contributed by atoms with Crippen LogP contribution in [0.3, 0.4) is 0 Å². The molecule has 0 radical (unpaired) electrons. The van der Waals surface area contributed by atoms with Gasteiger partial charge in [-0.3, -0.25) is 9.69 Å². The fourth-order valence-electron chi connectivity index (χ4n) is 3.51. The van der Waals surface area contributed by atoms with Gasteiger partial charge in [0.05, 0.1) is 25.7 Å². The Labute approximate surface area is 148 Å². The summed E-state index contributed by atoms with van der Waals surface area (Å²) in [5.74, 6) is 1.60. The topological polar surface area (TPSA) is 76.2 Å². The van der Waals surface area contributed by atoms with E-state index in [2.05, 4.69) is 4.90 Å². The van der Waals surface area contributed by atoms with Gasteiger partial charge in [0.1, 0.15) is 0 Å². The Morgan fingerprint density at radius 2 is 1.76 bits per heavy atom. The SMILES string of the molecule is COc1ccc(C(=O)N2CCN(C3CCS(=O)(=O)C3)CC2)cc1OC. The summed E-state index contributed by atoms with van der Waals surface area (Å²) >= 11 is 0. The summed E-state index contributed by atoms with van der Waals surface area (Å²) in [5, 5.41) is 0. The van der Waals surface area contributed by atoms with Crippen molar-refractivity contribution in [3.8, 4) is 11.5 Å². The number of amides is 1. The van der Waals surface area contributed by atoms with Crippen LogP contribution in [0, 0.1) is 0 Å². The minimum atomic E-state index is -2.88. The predicted molar refractivity (Wildman–Crippen MR) is 94.1 cm³/mol. The van der Waals surface area contributed by atoms with E-state index in [0.29, 0.717) is 49.7 Å². The van der Waals surface area contributed by atoms with Crippen molar-refractivity contribution in [3.05, 3.63) is 23.8 Å². The third-order valence-corrected chi connectivity index (χ3v) is 6.71. The predicted octanol–water partition coefficient (Wildman–Crippen LogP) is 0.649. The van der Waals surface area contributed by atoms with E-state index in [1.54, 1.807) is 37.3 Å². The lowest BCUT2D eigenvalue weighted by atomic mass is 10.1. The van der Waals surface area contributed by atoms with Crippen molar-refractivity contribution in [2.45, 2.75) is 12.5 Å². The largest absolute Gasteiger partial charge is 0.493 e. The average molecular weight is 368 g/mol. The molecule has 2 fully saturated rings. The summed E-state index contributed by atoms with van der Waals surface area (Å²) in [4.78, 5) is 16.7. The van der Waals surface area contributed by atoms with Gasteiger partial charge in [0.2, 0.25) is 0 Å². The Kier molecular flexibility index (Phi) is 5.19. The van der Waals surface area contributed by atoms with Gasteiger partial charge in [-0.05, 0) is 24.6 Å². The standard InChI is InChI=1S/C17H24N2O5S/c1-23-15-4-3-13(11-16(15)24-2)17(20)19-8-6-18(7-9-19)14-5-10-25(21,22)12-14/h3-4,11,14H,5-10,12H2,1-2H3. The highest BCUT2D eigenvalue weighted by Crippen LogP contribution is 2.28. The molecule has 2 aliphatic rings. The highest BCUT2D eigenvalue weighted by molar-refractivity contribution is 7.91. The zero-order valence-electron chi connectivity index (χ0n) is 14.6. The van der Waals surface area contributed by atoms with E-state index in [1.807, 2.05) is 0 Å². The lowest BCUT2D eigenvalue weighted by molar-refractivity contribution is 0.0587. The molecule has 2 aliphatic heterocycles. The summed E-state index contributed by atoms with van der Waals surface area (Å²) < 4.78 is 33.7. The van der Waals surface area contributed by atoms with Crippen LogP contribution >= 0.6 is 0 Å². The Balaban J connectivity index is 1.62. The van der Waals surface area contributed by atoms with Crippen molar-refractivity contribution in [2.75, 3.05) is 51.9 Å². The summed E-state index contributed by atoms with van der Waals surface area (Å²) in [5.41, 5.74) is 0.564. The van der Waals surface area contributed by atoms with E-state index in [0.717, 1.165) is 0 Å². The first-order valence-corrected chi connectivity index (χ1v) is 10.2. The van der Waals surface area contributed by atoms with Gasteiger partial charge in [-0.15, -0.1) is 0 Å². The second-order valence-electron chi connectivity index (χ2n) is 6.45. The van der Waals surface area contributed by atoms with Gasteiger partial charge in [-0.25, -0.2) is 8.42 Å². The van der Waals surface area contributed by atoms with Crippen molar-refractivity contribution in [1.29, 1.82) is 0 Å². The number of carbonyl (C=O) groups is 1. The van der Waals surface area contributed by atoms with Crippen LogP contribution in [0.15, 0.2) is 18.2 Å². The van der Waals surface area contributed by atoms with Gasteiger partial charge in [-0.1, -0.05) is 0 Å². The fraction of sp³-hybridized carbons (Fsp3) is 0.588. The molecule has 0 N–H and O–H groups in total. The summed E-state index contributed by atoms with van der Waals surface area (Å²) in [6.07, 6.45) is 0.700. The molecule has 0 saturated carbocycles. The number of benzene rings is 1. The van der Waals surface area contributed by atoms with Crippen molar-refractivity contribution in [2.24, 2.45) is 0 Å². The lowest BCUT2D eigenvalue weighted by Crippen LogP contribution is -2.52. The third kappa shape index (κ3) is 3.90. The third-order valence-electron chi connectivity index (χ3n) is 4.96. The van der Waals surface area contributed by atoms with Crippen LogP contribution in [0.5, 0.6) is 11.5 Å². The van der Waals surface area contributed by atoms with Gasteiger partial charge < -0.3 is 14.4 Å². The number of sulfone groups is 1. The van der Waals surface area contributed by atoms with Crippen molar-refractivity contribution in [1.82, 2.24) is 9.80 Å². The minimum absolute atomic E-state index is 0.0420. The zero-order valence-corrected chi connectivity index (χ0v) is 15.4. The monoisotopic (exact) mass is 368 g/mol. The van der Waals surface area contributed by atoms with Crippen LogP contribution < -0.4 is 9.47 Å². The minimum Gasteiger partial charge on any atom is -0.493 e. The molecule has 0 aliphatic carbocycles. The van der Waals surface area contributed by atoms with E-state index in [9.17, 15) is 13.2 Å². The summed E-state index contributed by atoms with van der Waals surface area (Å²) in [7, 11) is 0.220. The van der Waals surface area contributed by atoms with Gasteiger partial charge >= 0.3 is 0 Å². The van der Waals surface area contributed by atoms with Crippen LogP contribution in [0.25, 0.3) is 0 Å². The molecule has 3 rings (SSSR count). The normalized spacial score (nSPS) is 23.4. The molecule has 25 heavy (non-hydrogen) atoms. The molecule has 1 atom stereocenters. The number of hydrogen-bond acceptors (Lipinski definition) is 6. The molecule has 0 aromatic heterocycles. The highest BCUT2D eigenvalue weighted by Gasteiger charge is 2.34. The van der Waals surface area contributed by atoms with Gasteiger partial charge in [-0.2, -0.15) is 0 Å². The fourth-order valence-corrected chi connectivity index (χ4v) is 5.27. The number of piperazine rings is 1. The second-order valence-corrected chi connectivity index (χ2v) is 8.68. The number of methoxy groups -OCH3 is 2. The Bertz CT molecular complexity index is 741. The molecule has 8 heteroatoms. The van der Waals surface area contributed by atoms with Gasteiger partial charge in [0.25, 0.3) is 5.91 Å². The maximum atomic E-state index is 12.7. The first-order chi connectivity index (χ1) is 11.9. The van der Waals surface area contributed by atoms with Crippen molar-refractivity contribution < 1.29 is 22.7 Å². The zero-order chi connectivity index (χ0) is 18.0. The molecular formula is C17H24N2O5S. The molecule has 1 aromatic carbocycles. The van der Waals surface area contributed by atoms with E-state index in [4.69, 9.17) is 9.47 Å². The van der Waals surface area contributed by atoms with Crippen molar-refractivity contribution >= 4 is 15.7 Å². The average Bonchev–Trinajstić information content (AvgIpc) is 3.00. The van der Waals surface area contributed by atoms with Gasteiger partial charge in [0.15, 0.2) is 21.3 Å². The number of hydrogen-bond donors (Lipinski definition) is 0. The Hall–Kier alpha value is -1.80.